The van der Waals surface area contributed by atoms with Crippen LogP contribution in [0.15, 0.2) is 35.4 Å². The molecule has 5 heteroatoms. The molecule has 0 bridgehead atoms. The number of hydrogen-bond donors (Lipinski definition) is 1. The second-order valence-corrected chi connectivity index (χ2v) is 6.99. The average molecular weight is 329 g/mol. The Balaban J connectivity index is 1.52. The molecule has 1 saturated carbocycles. The number of carbonyl (C=O) groups excluding carboxylic acids is 1. The topological polar surface area (TPSA) is 56.1 Å². The highest BCUT2D eigenvalue weighted by atomic mass is 16.3. The van der Waals surface area contributed by atoms with Gasteiger partial charge < -0.3 is 5.11 Å². The lowest BCUT2D eigenvalue weighted by Gasteiger charge is -2.31. The van der Waals surface area contributed by atoms with E-state index in [4.69, 9.17) is 0 Å². The maximum absolute atomic E-state index is 12.5. The molecule has 1 aliphatic heterocycles. The molecule has 1 aromatic rings. The molecular weight excluding hydrogens is 302 g/mol. The second kappa shape index (κ2) is 7.90. The van der Waals surface area contributed by atoms with E-state index in [2.05, 4.69) is 5.10 Å². The minimum atomic E-state index is -0.217. The van der Waals surface area contributed by atoms with Crippen LogP contribution in [0.2, 0.25) is 0 Å². The number of nitrogens with zero attached hydrogens (tertiary/aromatic N) is 3. The van der Waals surface area contributed by atoms with Gasteiger partial charge in [0.2, 0.25) is 0 Å². The van der Waals surface area contributed by atoms with Gasteiger partial charge in [-0.25, -0.2) is 5.01 Å². The van der Waals surface area contributed by atoms with Crippen molar-refractivity contribution in [1.82, 2.24) is 9.91 Å². The van der Waals surface area contributed by atoms with Crippen LogP contribution in [-0.4, -0.2) is 59.4 Å². The quantitative estimate of drug-likeness (QED) is 0.900. The van der Waals surface area contributed by atoms with Gasteiger partial charge in [-0.15, -0.1) is 0 Å². The summed E-state index contributed by atoms with van der Waals surface area (Å²) in [7, 11) is 1.96. The van der Waals surface area contributed by atoms with E-state index in [0.29, 0.717) is 19.0 Å². The molecule has 1 fully saturated rings. The Morgan fingerprint density at radius 2 is 2.04 bits per heavy atom. The van der Waals surface area contributed by atoms with E-state index in [-0.39, 0.29) is 12.0 Å². The summed E-state index contributed by atoms with van der Waals surface area (Å²) in [6, 6.07) is 10.0. The van der Waals surface area contributed by atoms with Gasteiger partial charge in [-0.05, 0) is 31.4 Å². The Hall–Kier alpha value is -1.72. The van der Waals surface area contributed by atoms with Gasteiger partial charge in [0, 0.05) is 13.0 Å². The number of aliphatic hydroxyl groups excluding tert-OH is 1. The lowest BCUT2D eigenvalue weighted by atomic mass is 9.86. The minimum Gasteiger partial charge on any atom is -0.393 e. The smallest absolute Gasteiger partial charge is 0.256 e. The number of amides is 1. The summed E-state index contributed by atoms with van der Waals surface area (Å²) in [4.78, 5) is 14.5. The summed E-state index contributed by atoms with van der Waals surface area (Å²) in [5, 5.41) is 16.2. The van der Waals surface area contributed by atoms with Crippen LogP contribution >= 0.6 is 0 Å². The van der Waals surface area contributed by atoms with E-state index in [9.17, 15) is 9.90 Å². The fourth-order valence-corrected chi connectivity index (χ4v) is 3.65. The van der Waals surface area contributed by atoms with Crippen LogP contribution in [-0.2, 0) is 4.79 Å². The largest absolute Gasteiger partial charge is 0.393 e. The van der Waals surface area contributed by atoms with Crippen LogP contribution in [0.1, 0.15) is 37.7 Å². The first-order chi connectivity index (χ1) is 11.6. The fraction of sp³-hybridized carbons (Fsp3) is 0.579. The zero-order valence-corrected chi connectivity index (χ0v) is 14.4. The van der Waals surface area contributed by atoms with E-state index in [1.807, 2.05) is 42.3 Å². The van der Waals surface area contributed by atoms with Crippen molar-refractivity contribution in [3.8, 4) is 0 Å². The maximum Gasteiger partial charge on any atom is 0.256 e. The van der Waals surface area contributed by atoms with Gasteiger partial charge in [0.15, 0.2) is 0 Å². The van der Waals surface area contributed by atoms with Gasteiger partial charge in [-0.1, -0.05) is 43.2 Å². The average Bonchev–Trinajstić information content (AvgIpc) is 3.08. The summed E-state index contributed by atoms with van der Waals surface area (Å²) in [6.45, 7) is 1.79. The van der Waals surface area contributed by atoms with Gasteiger partial charge >= 0.3 is 0 Å². The molecule has 0 aromatic heterocycles. The highest BCUT2D eigenvalue weighted by molar-refractivity contribution is 6.02. The van der Waals surface area contributed by atoms with Gasteiger partial charge in [0.05, 0.1) is 24.9 Å². The van der Waals surface area contributed by atoms with Gasteiger partial charge in [0.25, 0.3) is 5.91 Å². The predicted molar refractivity (Wildman–Crippen MR) is 94.8 cm³/mol. The predicted octanol–water partition coefficient (Wildman–Crippen LogP) is 2.11. The molecule has 3 rings (SSSR count). The molecule has 24 heavy (non-hydrogen) atoms. The third-order valence-electron chi connectivity index (χ3n) is 5.02. The molecule has 1 heterocycles. The summed E-state index contributed by atoms with van der Waals surface area (Å²) in [5.74, 6) is 0.326. The Labute approximate surface area is 144 Å². The lowest BCUT2D eigenvalue weighted by molar-refractivity contribution is -0.132. The molecule has 5 nitrogen and oxygen atoms in total. The molecule has 1 N–H and O–H groups in total. The van der Waals surface area contributed by atoms with Crippen molar-refractivity contribution in [2.24, 2.45) is 11.0 Å². The minimum absolute atomic E-state index is 0.0359. The number of hydrazone groups is 1. The van der Waals surface area contributed by atoms with Crippen molar-refractivity contribution in [3.63, 3.8) is 0 Å². The van der Waals surface area contributed by atoms with Crippen LogP contribution in [0.4, 0.5) is 0 Å². The zero-order chi connectivity index (χ0) is 16.9. The molecule has 130 valence electrons. The Morgan fingerprint density at radius 3 is 2.79 bits per heavy atom. The Bertz CT molecular complexity index is 588. The lowest BCUT2D eigenvalue weighted by Crippen LogP contribution is -2.40. The van der Waals surface area contributed by atoms with E-state index in [1.165, 1.54) is 6.42 Å². The number of carbonyl (C=O) groups is 1. The maximum atomic E-state index is 12.5. The van der Waals surface area contributed by atoms with Crippen LogP contribution < -0.4 is 0 Å². The van der Waals surface area contributed by atoms with Crippen molar-refractivity contribution in [3.05, 3.63) is 35.9 Å². The van der Waals surface area contributed by atoms with Gasteiger partial charge in [-0.3, -0.25) is 9.69 Å². The summed E-state index contributed by atoms with van der Waals surface area (Å²) in [5.41, 5.74) is 2.07. The van der Waals surface area contributed by atoms with E-state index in [1.54, 1.807) is 5.01 Å². The SMILES string of the molecule is CN(CC(=O)N1CCC(c2ccccc2)=N1)CC1CCCCC1O. The molecular formula is C19H27N3O2. The molecule has 0 spiro atoms. The first-order valence-corrected chi connectivity index (χ1v) is 8.93. The Morgan fingerprint density at radius 1 is 1.29 bits per heavy atom. The number of likely N-dealkylation sites (N-methyl/N-ethyl adjacent to an activating group) is 1. The monoisotopic (exact) mass is 329 g/mol. The zero-order valence-electron chi connectivity index (χ0n) is 14.4. The molecule has 2 aliphatic rings. The number of rotatable bonds is 5. The molecule has 0 saturated heterocycles. The van der Waals surface area contributed by atoms with Crippen molar-refractivity contribution < 1.29 is 9.90 Å². The molecule has 1 aliphatic carbocycles. The van der Waals surface area contributed by atoms with Crippen LogP contribution in [0.5, 0.6) is 0 Å². The highest BCUT2D eigenvalue weighted by Crippen LogP contribution is 2.25. The number of benzene rings is 1. The Kier molecular flexibility index (Phi) is 5.63. The van der Waals surface area contributed by atoms with E-state index >= 15 is 0 Å². The molecule has 1 amide bonds. The van der Waals surface area contributed by atoms with Gasteiger partial charge in [0.1, 0.15) is 0 Å². The standard InChI is InChI=1S/C19H27N3O2/c1-21(13-16-9-5-6-10-18(16)23)14-19(24)22-12-11-17(20-22)15-7-3-2-4-8-15/h2-4,7-8,16,18,23H,5-6,9-14H2,1H3. The summed E-state index contributed by atoms with van der Waals surface area (Å²) >= 11 is 0. The third kappa shape index (κ3) is 4.22. The molecule has 2 unspecified atom stereocenters. The molecule has 0 radical (unpaired) electrons. The highest BCUT2D eigenvalue weighted by Gasteiger charge is 2.26. The second-order valence-electron chi connectivity index (χ2n) is 6.99. The first-order valence-electron chi connectivity index (χ1n) is 8.93. The third-order valence-corrected chi connectivity index (χ3v) is 5.02. The van der Waals surface area contributed by atoms with E-state index in [0.717, 1.165) is 43.5 Å². The van der Waals surface area contributed by atoms with Gasteiger partial charge in [-0.2, -0.15) is 5.10 Å². The fourth-order valence-electron chi connectivity index (χ4n) is 3.65. The van der Waals surface area contributed by atoms with Crippen LogP contribution in [0.25, 0.3) is 0 Å². The van der Waals surface area contributed by atoms with Crippen molar-refractivity contribution in [2.45, 2.75) is 38.2 Å². The summed E-state index contributed by atoms with van der Waals surface area (Å²) in [6.07, 6.45) is 4.83. The number of aliphatic hydroxyl groups is 1. The van der Waals surface area contributed by atoms with Crippen molar-refractivity contribution in [1.29, 1.82) is 0 Å². The first kappa shape index (κ1) is 17.1. The molecule has 2 atom stereocenters. The summed E-state index contributed by atoms with van der Waals surface area (Å²) < 4.78 is 0. The van der Waals surface area contributed by atoms with Crippen LogP contribution in [0.3, 0.4) is 0 Å². The van der Waals surface area contributed by atoms with E-state index < -0.39 is 0 Å². The molecule has 1 aromatic carbocycles. The number of hydrogen-bond acceptors (Lipinski definition) is 4. The van der Waals surface area contributed by atoms with Crippen LogP contribution in [0, 0.1) is 5.92 Å². The van der Waals surface area contributed by atoms with Crippen molar-refractivity contribution >= 4 is 11.6 Å². The normalized spacial score (nSPS) is 24.3. The van der Waals surface area contributed by atoms with Crippen molar-refractivity contribution in [2.75, 3.05) is 26.7 Å².